The maximum absolute atomic E-state index is 15.1. The van der Waals surface area contributed by atoms with Gasteiger partial charge in [-0.25, -0.2) is 28.7 Å². The summed E-state index contributed by atoms with van der Waals surface area (Å²) in [6.07, 6.45) is 33.6. The minimum atomic E-state index is -0.297. The average Bonchev–Trinajstić information content (AvgIpc) is 0.729. The predicted octanol–water partition coefficient (Wildman–Crippen LogP) is 27.6. The van der Waals surface area contributed by atoms with E-state index in [2.05, 4.69) is 157 Å². The molecule has 14 rings (SSSR count). The molecule has 12 aromatic rings. The number of aryl methyl sites for hydroxylation is 2. The Balaban J connectivity index is 0.700. The van der Waals surface area contributed by atoms with E-state index in [1.807, 2.05) is 60.7 Å². The molecule has 110 heavy (non-hydrogen) atoms. The zero-order valence-electron chi connectivity index (χ0n) is 65.1. The molecule has 566 valence electrons. The molecule has 2 heterocycles. The van der Waals surface area contributed by atoms with Crippen LogP contribution in [0, 0.1) is 23.5 Å². The standard InChI is InChI=1S/C100H108F2N4O4/c1-5-21-69-29-35-73(36-30-69)75-39-43-79(44-40-75)91-63-81-25-13-15-27-87(81)95(97(91)109-59-19-11-9-17-57-107-85-51-47-77(48-52-85)83-65-103-99(104-66-83)89-55-33-71(23-7-3)61-93(89)101)96-88-28-16-14-26-82(88)64-92(80-45-41-76(42-46-80)74-37-31-70(22-6-2)32-38-74)98(96)110-60-20-12-10-18-58-108-86-53-49-78(50-54-86)84-67-105-100(106-68-84)90-56-34-72(24-8-4)62-94(90)102/h13-16,25-28,33-34,39-56,61-70,73-74H,5-12,17-24,29-32,35-38,57-60H2,1-4H3. The van der Waals surface area contributed by atoms with Gasteiger partial charge in [0.15, 0.2) is 11.6 Å². The van der Waals surface area contributed by atoms with Crippen LogP contribution >= 0.6 is 0 Å². The van der Waals surface area contributed by atoms with E-state index < -0.39 is 0 Å². The highest BCUT2D eigenvalue weighted by Gasteiger charge is 2.29. The van der Waals surface area contributed by atoms with Crippen molar-refractivity contribution >= 4 is 21.5 Å². The fourth-order valence-corrected chi connectivity index (χ4v) is 17.1. The maximum atomic E-state index is 15.1. The quantitative estimate of drug-likeness (QED) is 0.0363. The number of rotatable bonds is 35. The Hall–Kier alpha value is -10.1. The minimum Gasteiger partial charge on any atom is -0.494 e. The van der Waals surface area contributed by atoms with E-state index in [1.54, 1.807) is 49.1 Å². The molecule has 2 fully saturated rings. The molecule has 8 nitrogen and oxygen atoms in total. The van der Waals surface area contributed by atoms with Crippen LogP contribution in [0.1, 0.15) is 203 Å². The topological polar surface area (TPSA) is 88.5 Å². The van der Waals surface area contributed by atoms with Gasteiger partial charge >= 0.3 is 0 Å². The summed E-state index contributed by atoms with van der Waals surface area (Å²) in [6.45, 7) is 11.1. The van der Waals surface area contributed by atoms with Crippen LogP contribution in [0.2, 0.25) is 0 Å². The van der Waals surface area contributed by atoms with Gasteiger partial charge in [-0.05, 0) is 266 Å². The first kappa shape index (κ1) is 76.7. The number of nitrogens with zero attached hydrogens (tertiary/aromatic N) is 4. The molecule has 2 aliphatic rings. The van der Waals surface area contributed by atoms with E-state index in [1.165, 1.54) is 88.2 Å². The van der Waals surface area contributed by atoms with Crippen LogP contribution < -0.4 is 18.9 Å². The van der Waals surface area contributed by atoms with Gasteiger partial charge in [0.1, 0.15) is 34.6 Å². The Labute approximate surface area is 651 Å². The number of hydrogen-bond acceptors (Lipinski definition) is 8. The van der Waals surface area contributed by atoms with Crippen molar-refractivity contribution in [2.75, 3.05) is 26.4 Å². The van der Waals surface area contributed by atoms with Crippen LogP contribution in [-0.2, 0) is 12.8 Å². The highest BCUT2D eigenvalue weighted by atomic mass is 19.1. The van der Waals surface area contributed by atoms with Crippen molar-refractivity contribution in [2.24, 2.45) is 11.8 Å². The molecule has 10 heteroatoms. The van der Waals surface area contributed by atoms with Crippen LogP contribution in [0.4, 0.5) is 8.78 Å². The van der Waals surface area contributed by atoms with Gasteiger partial charge in [-0.3, -0.25) is 0 Å². The molecule has 10 aromatic carbocycles. The minimum absolute atomic E-state index is 0.297. The molecule has 0 saturated heterocycles. The van der Waals surface area contributed by atoms with Crippen molar-refractivity contribution in [3.05, 3.63) is 253 Å². The molecule has 2 aliphatic carbocycles. The molecule has 0 N–H and O–H groups in total. The summed E-state index contributed by atoms with van der Waals surface area (Å²) >= 11 is 0. The lowest BCUT2D eigenvalue weighted by Crippen LogP contribution is -2.13. The first-order valence-electron chi connectivity index (χ1n) is 41.4. The Morgan fingerprint density at radius 1 is 0.327 bits per heavy atom. The molecule has 2 saturated carbocycles. The molecule has 0 bridgehead atoms. The second-order valence-corrected chi connectivity index (χ2v) is 30.9. The molecule has 0 spiro atoms. The van der Waals surface area contributed by atoms with Crippen LogP contribution in [0.3, 0.4) is 0 Å². The van der Waals surface area contributed by atoms with Crippen LogP contribution in [0.5, 0.6) is 23.0 Å². The summed E-state index contributed by atoms with van der Waals surface area (Å²) in [5.74, 6) is 6.41. The number of hydrogen-bond donors (Lipinski definition) is 0. The van der Waals surface area contributed by atoms with E-state index in [0.717, 1.165) is 200 Å². The molecule has 0 atom stereocenters. The summed E-state index contributed by atoms with van der Waals surface area (Å²) in [6, 6.07) is 68.4. The fourth-order valence-electron chi connectivity index (χ4n) is 17.1. The third kappa shape index (κ3) is 19.0. The number of aromatic nitrogens is 4. The SMILES string of the molecule is CCCc1ccc(-c2ncc(-c3ccc(OCCCCCCOc4c(-c5ccc(C6CCC(CCC)CC6)cc5)cc5ccccc5c4-c4c(OCCCCCCOc5ccc(-c6cnc(-c7ccc(CCC)cc7F)nc6)cc5)c(-c5ccc(C6CCC(CCC)CC6)cc5)cc5ccccc45)cc3)cn2)c(F)c1. The molecule has 0 radical (unpaired) electrons. The second-order valence-electron chi connectivity index (χ2n) is 30.9. The summed E-state index contributed by atoms with van der Waals surface area (Å²) in [5, 5.41) is 4.57. The van der Waals surface area contributed by atoms with Gasteiger partial charge in [0.2, 0.25) is 0 Å². The van der Waals surface area contributed by atoms with E-state index >= 15 is 8.78 Å². The van der Waals surface area contributed by atoms with Gasteiger partial charge < -0.3 is 18.9 Å². The molecular formula is C100H108F2N4O4. The van der Waals surface area contributed by atoms with Gasteiger partial charge in [-0.15, -0.1) is 0 Å². The fraction of sp³-hybridized carbons (Fsp3) is 0.360. The van der Waals surface area contributed by atoms with Crippen molar-refractivity contribution in [3.8, 4) is 101 Å². The molecular weight excluding hydrogens is 1360 g/mol. The summed E-state index contributed by atoms with van der Waals surface area (Å²) < 4.78 is 57.8. The lowest BCUT2D eigenvalue weighted by molar-refractivity contribution is 0.287. The maximum Gasteiger partial charge on any atom is 0.162 e. The molecule has 0 unspecified atom stereocenters. The third-order valence-corrected chi connectivity index (χ3v) is 23.1. The molecule has 0 amide bonds. The average molecular weight is 1470 g/mol. The van der Waals surface area contributed by atoms with Gasteiger partial charge in [0, 0.05) is 58.2 Å². The number of ether oxygens (including phenoxy) is 4. The highest BCUT2D eigenvalue weighted by molar-refractivity contribution is 6.14. The summed E-state index contributed by atoms with van der Waals surface area (Å²) in [5.41, 5.74) is 15.9. The van der Waals surface area contributed by atoms with Gasteiger partial charge in [0.25, 0.3) is 0 Å². The van der Waals surface area contributed by atoms with Crippen molar-refractivity contribution < 1.29 is 27.7 Å². The Kier molecular flexibility index (Phi) is 26.5. The second kappa shape index (κ2) is 38.0. The van der Waals surface area contributed by atoms with Crippen molar-refractivity contribution in [3.63, 3.8) is 0 Å². The van der Waals surface area contributed by atoms with Crippen molar-refractivity contribution in [1.82, 2.24) is 19.9 Å². The van der Waals surface area contributed by atoms with E-state index in [9.17, 15) is 0 Å². The predicted molar refractivity (Wildman–Crippen MR) is 450 cm³/mol. The van der Waals surface area contributed by atoms with Gasteiger partial charge in [-0.2, -0.15) is 0 Å². The number of halogens is 2. The normalized spacial score (nSPS) is 15.8. The smallest absolute Gasteiger partial charge is 0.162 e. The monoisotopic (exact) mass is 1470 g/mol. The molecule has 0 aliphatic heterocycles. The van der Waals surface area contributed by atoms with Gasteiger partial charge in [-0.1, -0.05) is 200 Å². The summed E-state index contributed by atoms with van der Waals surface area (Å²) in [4.78, 5) is 18.2. The van der Waals surface area contributed by atoms with Crippen molar-refractivity contribution in [1.29, 1.82) is 0 Å². The van der Waals surface area contributed by atoms with Crippen molar-refractivity contribution in [2.45, 2.75) is 194 Å². The Morgan fingerprint density at radius 3 is 1.04 bits per heavy atom. The first-order chi connectivity index (χ1) is 54.2. The first-order valence-corrected chi connectivity index (χ1v) is 41.4. The van der Waals surface area contributed by atoms with E-state index in [0.29, 0.717) is 61.0 Å². The number of fused-ring (bicyclic) bond motifs is 2. The zero-order chi connectivity index (χ0) is 75.4. The highest BCUT2D eigenvalue weighted by Crippen LogP contribution is 2.53. The van der Waals surface area contributed by atoms with E-state index in [-0.39, 0.29) is 11.6 Å². The lowest BCUT2D eigenvalue weighted by atomic mass is 9.77. The zero-order valence-corrected chi connectivity index (χ0v) is 65.1. The largest absolute Gasteiger partial charge is 0.494 e. The number of unbranched alkanes of at least 4 members (excludes halogenated alkanes) is 6. The van der Waals surface area contributed by atoms with Gasteiger partial charge in [0.05, 0.1) is 37.6 Å². The van der Waals surface area contributed by atoms with E-state index in [4.69, 9.17) is 18.9 Å². The Bertz CT molecular complexity index is 4620. The third-order valence-electron chi connectivity index (χ3n) is 23.1. The summed E-state index contributed by atoms with van der Waals surface area (Å²) in [7, 11) is 0. The van der Waals surface area contributed by atoms with Crippen LogP contribution in [0.25, 0.3) is 100.0 Å². The lowest BCUT2D eigenvalue weighted by Gasteiger charge is -2.29. The Morgan fingerprint density at radius 2 is 0.682 bits per heavy atom. The molecule has 2 aromatic heterocycles. The van der Waals surface area contributed by atoms with Crippen LogP contribution in [0.15, 0.2) is 219 Å². The van der Waals surface area contributed by atoms with Crippen LogP contribution in [-0.4, -0.2) is 46.4 Å². The number of benzene rings is 10.